The van der Waals surface area contributed by atoms with Gasteiger partial charge in [-0.25, -0.2) is 19.9 Å². The molecule has 0 amide bonds. The summed E-state index contributed by atoms with van der Waals surface area (Å²) in [5.74, 6) is 1.44. The molecule has 2 aromatic carbocycles. The molecule has 0 fully saturated rings. The van der Waals surface area contributed by atoms with Crippen molar-refractivity contribution in [1.82, 2.24) is 60.3 Å². The van der Waals surface area contributed by atoms with Crippen LogP contribution in [0, 0.1) is 0 Å². The minimum Gasteiger partial charge on any atom is -0.501 e. The van der Waals surface area contributed by atoms with Crippen LogP contribution in [0.4, 0.5) is 5.69 Å². The van der Waals surface area contributed by atoms with Crippen LogP contribution in [0.3, 0.4) is 0 Å². The summed E-state index contributed by atoms with van der Waals surface area (Å²) in [6.45, 7) is 4.71. The van der Waals surface area contributed by atoms with Gasteiger partial charge in [-0.2, -0.15) is 10.2 Å². The van der Waals surface area contributed by atoms with Crippen LogP contribution in [0.25, 0.3) is 106 Å². The maximum absolute atomic E-state index is 5.44. The summed E-state index contributed by atoms with van der Waals surface area (Å²) < 4.78 is 10.7. The highest BCUT2D eigenvalue weighted by Gasteiger charge is 2.19. The minimum absolute atomic E-state index is 0.642. The number of aromatic nitrogens is 12. The number of imidazole rings is 2. The molecule has 0 saturated heterocycles. The van der Waals surface area contributed by atoms with E-state index in [0.717, 1.165) is 101 Å². The van der Waals surface area contributed by atoms with Crippen molar-refractivity contribution in [2.75, 3.05) is 25.6 Å². The van der Waals surface area contributed by atoms with Gasteiger partial charge in [0.1, 0.15) is 11.4 Å². The first-order valence-electron chi connectivity index (χ1n) is 20.6. The van der Waals surface area contributed by atoms with Gasteiger partial charge in [0.05, 0.1) is 70.1 Å². The highest BCUT2D eigenvalue weighted by molar-refractivity contribution is 5.98. The Morgan fingerprint density at radius 2 is 1.25 bits per heavy atom. The van der Waals surface area contributed by atoms with Crippen molar-refractivity contribution in [2.24, 2.45) is 0 Å². The van der Waals surface area contributed by atoms with Crippen molar-refractivity contribution in [3.8, 4) is 56.4 Å². The number of hydrogen-bond donors (Lipinski definition) is 4. The molecule has 12 rings (SSSR count). The maximum Gasteiger partial charge on any atom is 0.181 e. The van der Waals surface area contributed by atoms with Crippen molar-refractivity contribution in [3.05, 3.63) is 134 Å². The Labute approximate surface area is 360 Å². The third-order valence-corrected chi connectivity index (χ3v) is 10.8. The zero-order chi connectivity index (χ0) is 42.9. The number of nitrogens with one attached hydrogen (secondary N) is 4. The molecule has 0 bridgehead atoms. The Morgan fingerprint density at radius 1 is 0.619 bits per heavy atom. The third-order valence-electron chi connectivity index (χ3n) is 10.8. The lowest BCUT2D eigenvalue weighted by Gasteiger charge is -2.12. The number of nitrogens with zero attached hydrogens (tertiary/aromatic N) is 9. The third kappa shape index (κ3) is 7.30. The molecule has 0 saturated carbocycles. The molecule has 0 spiro atoms. The van der Waals surface area contributed by atoms with E-state index in [1.807, 2.05) is 112 Å². The number of ether oxygens (including phenoxy) is 1. The van der Waals surface area contributed by atoms with Crippen molar-refractivity contribution < 1.29 is 9.15 Å². The number of pyridine rings is 4. The van der Waals surface area contributed by atoms with E-state index >= 15 is 0 Å². The van der Waals surface area contributed by atoms with Gasteiger partial charge in [0.25, 0.3) is 0 Å². The lowest BCUT2D eigenvalue weighted by Crippen LogP contribution is -2.08. The van der Waals surface area contributed by atoms with Crippen LogP contribution < -0.4 is 4.90 Å². The van der Waals surface area contributed by atoms with E-state index in [9.17, 15) is 0 Å². The summed E-state index contributed by atoms with van der Waals surface area (Å²) in [7, 11) is 4.00. The molecule has 1 aliphatic heterocycles. The van der Waals surface area contributed by atoms with E-state index in [4.69, 9.17) is 19.1 Å². The molecular weight excluding hydrogens is 791 g/mol. The topological polar surface area (TPSA) is 192 Å². The van der Waals surface area contributed by atoms with Gasteiger partial charge in [-0.15, -0.1) is 0 Å². The number of para-hydroxylation sites is 2. The van der Waals surface area contributed by atoms with Crippen LogP contribution in [-0.4, -0.2) is 81.0 Å². The molecule has 9 aromatic heterocycles. The van der Waals surface area contributed by atoms with Crippen LogP contribution in [0.15, 0.2) is 133 Å². The predicted octanol–water partition coefficient (Wildman–Crippen LogP) is 10.2. The Hall–Kier alpha value is -8.46. The van der Waals surface area contributed by atoms with Gasteiger partial charge in [0.15, 0.2) is 22.9 Å². The monoisotopic (exact) mass is 831 g/mol. The van der Waals surface area contributed by atoms with E-state index < -0.39 is 0 Å². The van der Waals surface area contributed by atoms with Crippen LogP contribution in [0.5, 0.6) is 0 Å². The summed E-state index contributed by atoms with van der Waals surface area (Å²) in [4.78, 5) is 36.3. The van der Waals surface area contributed by atoms with Crippen molar-refractivity contribution in [3.63, 3.8) is 0 Å². The maximum atomic E-state index is 5.44. The summed E-state index contributed by atoms with van der Waals surface area (Å²) in [6.07, 6.45) is 17.0. The first-order chi connectivity index (χ1) is 31.0. The molecule has 0 radical (unpaired) electrons. The fourth-order valence-corrected chi connectivity index (χ4v) is 7.64. The minimum atomic E-state index is 0.642. The fourth-order valence-electron chi connectivity index (χ4n) is 7.64. The molecule has 63 heavy (non-hydrogen) atoms. The predicted molar refractivity (Wildman–Crippen MR) is 246 cm³/mol. The highest BCUT2D eigenvalue weighted by atomic mass is 16.5. The largest absolute Gasteiger partial charge is 0.501 e. The van der Waals surface area contributed by atoms with Gasteiger partial charge in [-0.05, 0) is 48.0 Å². The first-order valence-corrected chi connectivity index (χ1v) is 20.6. The van der Waals surface area contributed by atoms with Crippen molar-refractivity contribution in [2.45, 2.75) is 20.3 Å². The molecule has 0 unspecified atom stereocenters. The molecule has 10 heterocycles. The Kier molecular flexibility index (Phi) is 10.2. The summed E-state index contributed by atoms with van der Waals surface area (Å²) in [5.41, 5.74) is 15.9. The van der Waals surface area contributed by atoms with Gasteiger partial charge in [0, 0.05) is 90.4 Å². The van der Waals surface area contributed by atoms with E-state index in [1.165, 1.54) is 5.57 Å². The lowest BCUT2D eigenvalue weighted by molar-refractivity contribution is 0.281. The number of benzene rings is 2. The van der Waals surface area contributed by atoms with Gasteiger partial charge >= 0.3 is 0 Å². The average Bonchev–Trinajstić information content (AvgIpc) is 4.20. The number of rotatable bonds is 7. The zero-order valence-electron chi connectivity index (χ0n) is 34.9. The second kappa shape index (κ2) is 16.5. The van der Waals surface area contributed by atoms with Crippen LogP contribution in [-0.2, 0) is 4.74 Å². The fraction of sp³-hybridized carbons (Fsp3) is 0.125. The second-order valence-electron chi connectivity index (χ2n) is 14.8. The van der Waals surface area contributed by atoms with Gasteiger partial charge in [-0.1, -0.05) is 44.2 Å². The Morgan fingerprint density at radius 3 is 1.86 bits per heavy atom. The van der Waals surface area contributed by atoms with Crippen LogP contribution in [0.2, 0.25) is 0 Å². The summed E-state index contributed by atoms with van der Waals surface area (Å²) in [5, 5.41) is 16.7. The number of H-pyrrole nitrogens is 4. The van der Waals surface area contributed by atoms with E-state index in [1.54, 1.807) is 24.9 Å². The van der Waals surface area contributed by atoms with Gasteiger partial charge in [0.2, 0.25) is 0 Å². The van der Waals surface area contributed by atoms with Crippen molar-refractivity contribution >= 4 is 55.4 Å². The Balaban J connectivity index is 0.000000145. The molecule has 0 aliphatic carbocycles. The second-order valence-corrected chi connectivity index (χ2v) is 14.8. The van der Waals surface area contributed by atoms with Crippen LogP contribution >= 0.6 is 0 Å². The zero-order valence-corrected chi connectivity index (χ0v) is 34.9. The quantitative estimate of drug-likeness (QED) is 0.119. The van der Waals surface area contributed by atoms with Crippen LogP contribution in [0.1, 0.15) is 25.8 Å². The summed E-state index contributed by atoms with van der Waals surface area (Å²) >= 11 is 0. The standard InChI is InChI=1S/C24H21N7O.C22H14N6O.C2H6/c1-31(2)17-8-15(10-25-12-17)16-9-19-22(29-30-23(19)26-11-16)24-27-20-5-3-4-18(21(20)28-24)14-6-7-32-13-14;1-4-16(14-6-8-29-12-14)19-18(5-1)25-22(26-19)20-17-9-15(11-24-21(17)28-27-20)13-3-2-7-23-10-13;1-2/h3-5,8-13H,6-7H2,1-2H3,(H,27,28)(H,26,29,30);1-12H,(H,25,26)(H,24,27,28);1-2H3. The SMILES string of the molecule is CC.CN(C)c1cncc(-c2cnc3n[nH]c(-c4nc5c(C6=COCC6)cccc5[nH]4)c3c2)c1.c1cncc(-c2cnc3n[nH]c(-c4nc5c(-c6ccoc6)cccc5[nH]4)c3c2)c1. The molecule has 310 valence electrons. The summed E-state index contributed by atoms with van der Waals surface area (Å²) in [6, 6.07) is 24.3. The number of fused-ring (bicyclic) bond motifs is 4. The Bertz CT molecular complexity index is 3400. The molecule has 4 N–H and O–H groups in total. The first kappa shape index (κ1) is 38.7. The number of hydrogen-bond acceptors (Lipinski definition) is 11. The highest BCUT2D eigenvalue weighted by Crippen LogP contribution is 2.35. The molecule has 1 aliphatic rings. The molecule has 15 heteroatoms. The van der Waals surface area contributed by atoms with E-state index in [-0.39, 0.29) is 0 Å². The average molecular weight is 832 g/mol. The smallest absolute Gasteiger partial charge is 0.181 e. The number of anilines is 1. The number of furan rings is 1. The van der Waals surface area contributed by atoms with E-state index in [0.29, 0.717) is 23.7 Å². The van der Waals surface area contributed by atoms with Crippen molar-refractivity contribution in [1.29, 1.82) is 0 Å². The molecular formula is C48H41N13O2. The lowest BCUT2D eigenvalue weighted by atomic mass is 10.0. The van der Waals surface area contributed by atoms with Gasteiger partial charge in [-0.3, -0.25) is 20.2 Å². The molecule has 11 aromatic rings. The van der Waals surface area contributed by atoms with E-state index in [2.05, 4.69) is 74.6 Å². The number of aromatic amines is 4. The molecule has 15 nitrogen and oxygen atoms in total. The molecule has 0 atom stereocenters. The van der Waals surface area contributed by atoms with Gasteiger partial charge < -0.3 is 24.0 Å². The normalized spacial score (nSPS) is 12.2.